The molecule has 146 valence electrons. The Morgan fingerprint density at radius 2 is 1.86 bits per heavy atom. The second-order valence-electron chi connectivity index (χ2n) is 6.65. The standard InChI is InChI=1S/C22H19ClN4O2/c1-2-12-25-15-24-20-19(25)21(28)26(13-11-16-7-4-3-5-8-16)22(29)27(20)18-10-6-9-17(23)14-18/h2-10,14-15H,1,11-13H2. The van der Waals surface area contributed by atoms with Crippen molar-refractivity contribution in [2.75, 3.05) is 0 Å². The molecule has 0 N–H and O–H groups in total. The Morgan fingerprint density at radius 1 is 1.07 bits per heavy atom. The number of nitrogens with zero attached hydrogens (tertiary/aromatic N) is 4. The van der Waals surface area contributed by atoms with Gasteiger partial charge in [0.1, 0.15) is 0 Å². The number of allylic oxidation sites excluding steroid dienone is 1. The number of imidazole rings is 1. The monoisotopic (exact) mass is 406 g/mol. The number of halogens is 1. The molecule has 2 heterocycles. The van der Waals surface area contributed by atoms with Crippen molar-refractivity contribution in [2.24, 2.45) is 0 Å². The molecule has 0 aliphatic carbocycles. The number of aromatic nitrogens is 4. The van der Waals surface area contributed by atoms with Gasteiger partial charge in [0.15, 0.2) is 11.2 Å². The van der Waals surface area contributed by atoms with Gasteiger partial charge in [-0.15, -0.1) is 6.58 Å². The molecule has 4 aromatic rings. The lowest BCUT2D eigenvalue weighted by atomic mass is 10.1. The van der Waals surface area contributed by atoms with Crippen LogP contribution in [-0.2, 0) is 19.5 Å². The smallest absolute Gasteiger partial charge is 0.321 e. The molecule has 2 aromatic heterocycles. The largest absolute Gasteiger partial charge is 0.337 e. The van der Waals surface area contributed by atoms with E-state index in [0.717, 1.165) is 5.56 Å². The highest BCUT2D eigenvalue weighted by atomic mass is 35.5. The lowest BCUT2D eigenvalue weighted by Crippen LogP contribution is -2.40. The van der Waals surface area contributed by atoms with Crippen molar-refractivity contribution >= 4 is 22.8 Å². The first-order chi connectivity index (χ1) is 14.1. The van der Waals surface area contributed by atoms with Crippen LogP contribution in [0.4, 0.5) is 0 Å². The summed E-state index contributed by atoms with van der Waals surface area (Å²) in [6.07, 6.45) is 3.80. The topological polar surface area (TPSA) is 61.8 Å². The van der Waals surface area contributed by atoms with Crippen LogP contribution in [0, 0.1) is 0 Å². The SMILES string of the molecule is C=CCn1cnc2c1c(=O)n(CCc1ccccc1)c(=O)n2-c1cccc(Cl)c1. The molecular formula is C22H19ClN4O2. The summed E-state index contributed by atoms with van der Waals surface area (Å²) in [6, 6.07) is 16.7. The van der Waals surface area contributed by atoms with Gasteiger partial charge in [0.2, 0.25) is 0 Å². The Morgan fingerprint density at radius 3 is 2.59 bits per heavy atom. The van der Waals surface area contributed by atoms with Gasteiger partial charge >= 0.3 is 5.69 Å². The summed E-state index contributed by atoms with van der Waals surface area (Å²) in [6.45, 7) is 4.41. The first-order valence-corrected chi connectivity index (χ1v) is 9.59. The zero-order valence-corrected chi connectivity index (χ0v) is 16.4. The molecule has 0 spiro atoms. The molecule has 0 unspecified atom stereocenters. The Balaban J connectivity index is 1.95. The number of fused-ring (bicyclic) bond motifs is 1. The quantitative estimate of drug-likeness (QED) is 0.461. The zero-order chi connectivity index (χ0) is 20.4. The summed E-state index contributed by atoms with van der Waals surface area (Å²) >= 11 is 6.14. The molecule has 2 aromatic carbocycles. The lowest BCUT2D eigenvalue weighted by molar-refractivity contribution is 0.616. The summed E-state index contributed by atoms with van der Waals surface area (Å²) < 4.78 is 4.40. The number of hydrogen-bond acceptors (Lipinski definition) is 3. The van der Waals surface area contributed by atoms with Gasteiger partial charge in [0.05, 0.1) is 12.0 Å². The van der Waals surface area contributed by atoms with E-state index in [1.165, 1.54) is 9.13 Å². The van der Waals surface area contributed by atoms with Crippen LogP contribution < -0.4 is 11.2 Å². The Bertz CT molecular complexity index is 1300. The Kier molecular flexibility index (Phi) is 5.18. The van der Waals surface area contributed by atoms with E-state index in [0.29, 0.717) is 34.8 Å². The third kappa shape index (κ3) is 3.54. The van der Waals surface area contributed by atoms with Gasteiger partial charge in [-0.3, -0.25) is 9.36 Å². The highest BCUT2D eigenvalue weighted by Crippen LogP contribution is 2.17. The van der Waals surface area contributed by atoms with Crippen molar-refractivity contribution < 1.29 is 0 Å². The molecule has 0 radical (unpaired) electrons. The lowest BCUT2D eigenvalue weighted by Gasteiger charge is -2.13. The fraction of sp³-hybridized carbons (Fsp3) is 0.136. The maximum atomic E-state index is 13.3. The minimum absolute atomic E-state index is 0.261. The summed E-state index contributed by atoms with van der Waals surface area (Å²) in [7, 11) is 0. The van der Waals surface area contributed by atoms with E-state index in [-0.39, 0.29) is 12.1 Å². The third-order valence-electron chi connectivity index (χ3n) is 4.76. The van der Waals surface area contributed by atoms with Crippen LogP contribution in [0.3, 0.4) is 0 Å². The molecule has 0 aliphatic rings. The zero-order valence-electron chi connectivity index (χ0n) is 15.7. The van der Waals surface area contributed by atoms with Crippen LogP contribution in [0.1, 0.15) is 5.56 Å². The average Bonchev–Trinajstić information content (AvgIpc) is 3.13. The first-order valence-electron chi connectivity index (χ1n) is 9.21. The van der Waals surface area contributed by atoms with Gasteiger partial charge in [0.25, 0.3) is 5.56 Å². The van der Waals surface area contributed by atoms with E-state index < -0.39 is 5.69 Å². The van der Waals surface area contributed by atoms with Crippen molar-refractivity contribution in [3.05, 3.63) is 105 Å². The predicted octanol–water partition coefficient (Wildman–Crippen LogP) is 3.43. The van der Waals surface area contributed by atoms with Crippen molar-refractivity contribution in [3.8, 4) is 5.69 Å². The van der Waals surface area contributed by atoms with Gasteiger partial charge in [-0.05, 0) is 30.2 Å². The third-order valence-corrected chi connectivity index (χ3v) is 4.99. The molecular weight excluding hydrogens is 388 g/mol. The van der Waals surface area contributed by atoms with Crippen LogP contribution in [0.15, 0.2) is 83.2 Å². The summed E-state index contributed by atoms with van der Waals surface area (Å²) in [5, 5.41) is 0.495. The Labute approximate surface area is 171 Å². The molecule has 0 fully saturated rings. The van der Waals surface area contributed by atoms with Crippen molar-refractivity contribution in [1.29, 1.82) is 0 Å². The summed E-state index contributed by atoms with van der Waals surface area (Å²) in [4.78, 5) is 30.9. The Hall–Kier alpha value is -3.38. The molecule has 0 aliphatic heterocycles. The highest BCUT2D eigenvalue weighted by molar-refractivity contribution is 6.30. The number of rotatable bonds is 6. The van der Waals surface area contributed by atoms with Gasteiger partial charge < -0.3 is 4.57 Å². The molecule has 7 heteroatoms. The van der Waals surface area contributed by atoms with Crippen molar-refractivity contribution in [3.63, 3.8) is 0 Å². The second-order valence-corrected chi connectivity index (χ2v) is 7.08. The van der Waals surface area contributed by atoms with E-state index in [2.05, 4.69) is 11.6 Å². The van der Waals surface area contributed by atoms with Gasteiger partial charge in [0, 0.05) is 18.1 Å². The minimum atomic E-state index is -0.440. The molecule has 0 atom stereocenters. The van der Waals surface area contributed by atoms with E-state index in [1.807, 2.05) is 30.3 Å². The molecule has 29 heavy (non-hydrogen) atoms. The number of aryl methyl sites for hydroxylation is 1. The molecule has 0 amide bonds. The van der Waals surface area contributed by atoms with Gasteiger partial charge in [-0.2, -0.15) is 0 Å². The number of benzene rings is 2. The molecule has 0 saturated heterocycles. The fourth-order valence-corrected chi connectivity index (χ4v) is 3.57. The maximum Gasteiger partial charge on any atom is 0.337 e. The predicted molar refractivity (Wildman–Crippen MR) is 115 cm³/mol. The number of hydrogen-bond donors (Lipinski definition) is 0. The van der Waals surface area contributed by atoms with E-state index >= 15 is 0 Å². The van der Waals surface area contributed by atoms with Crippen molar-refractivity contribution in [1.82, 2.24) is 18.7 Å². The molecule has 4 rings (SSSR count). The summed E-state index contributed by atoms with van der Waals surface area (Å²) in [5.41, 5.74) is 1.47. The minimum Gasteiger partial charge on any atom is -0.321 e. The molecule has 0 saturated carbocycles. The molecule has 0 bridgehead atoms. The normalized spacial score (nSPS) is 11.1. The van der Waals surface area contributed by atoms with Gasteiger partial charge in [-0.1, -0.05) is 54.1 Å². The van der Waals surface area contributed by atoms with Crippen LogP contribution in [0.2, 0.25) is 5.02 Å². The van der Waals surface area contributed by atoms with Gasteiger partial charge in [-0.25, -0.2) is 14.3 Å². The maximum absolute atomic E-state index is 13.3. The van der Waals surface area contributed by atoms with Crippen molar-refractivity contribution in [2.45, 2.75) is 19.5 Å². The van der Waals surface area contributed by atoms with Crippen LogP contribution >= 0.6 is 11.6 Å². The second kappa shape index (κ2) is 7.93. The van der Waals surface area contributed by atoms with Crippen LogP contribution in [-0.4, -0.2) is 18.7 Å². The van der Waals surface area contributed by atoms with Crippen LogP contribution in [0.25, 0.3) is 16.9 Å². The van der Waals surface area contributed by atoms with Crippen LogP contribution in [0.5, 0.6) is 0 Å². The summed E-state index contributed by atoms with van der Waals surface area (Å²) in [5.74, 6) is 0. The average molecular weight is 407 g/mol. The fourth-order valence-electron chi connectivity index (χ4n) is 3.39. The first kappa shape index (κ1) is 19.0. The van der Waals surface area contributed by atoms with E-state index in [9.17, 15) is 9.59 Å². The molecule has 6 nitrogen and oxygen atoms in total. The van der Waals surface area contributed by atoms with E-state index in [4.69, 9.17) is 11.6 Å². The highest BCUT2D eigenvalue weighted by Gasteiger charge is 2.19. The van der Waals surface area contributed by atoms with E-state index in [1.54, 1.807) is 41.2 Å².